The van der Waals surface area contributed by atoms with Gasteiger partial charge >= 0.3 is 5.97 Å². The molecule has 5 heteroatoms. The smallest absolute Gasteiger partial charge is 0.320 e. The van der Waals surface area contributed by atoms with Gasteiger partial charge in [-0.1, -0.05) is 31.5 Å². The molecule has 0 amide bonds. The van der Waals surface area contributed by atoms with Crippen LogP contribution in [0.3, 0.4) is 0 Å². The van der Waals surface area contributed by atoms with Crippen LogP contribution >= 0.6 is 22.7 Å². The Bertz CT molecular complexity index is 881. The lowest BCUT2D eigenvalue weighted by molar-refractivity contribution is -0.145. The molecule has 0 spiro atoms. The van der Waals surface area contributed by atoms with E-state index >= 15 is 0 Å². The van der Waals surface area contributed by atoms with Crippen molar-refractivity contribution in [2.24, 2.45) is 0 Å². The van der Waals surface area contributed by atoms with Gasteiger partial charge < -0.3 is 5.11 Å². The standard InChI is InChI=1S/C21H23NO2S2/c1-2-15-10-11-18(25-15)20(22-12-6-5-8-16(22)21(23)24)19-13-14-7-3-4-9-17(14)26-19/h3-4,7,9-11,13,16,20H,2,5-6,8,12H2,1H3,(H,23,24). The van der Waals surface area contributed by atoms with E-state index in [2.05, 4.69) is 54.3 Å². The minimum atomic E-state index is -0.692. The number of likely N-dealkylation sites (tertiary alicyclic amines) is 1. The molecule has 1 aliphatic rings. The maximum Gasteiger partial charge on any atom is 0.320 e. The normalized spacial score (nSPS) is 19.7. The molecule has 1 saturated heterocycles. The number of aryl methyl sites for hydroxylation is 1. The Kier molecular flexibility index (Phi) is 5.11. The molecule has 3 heterocycles. The summed E-state index contributed by atoms with van der Waals surface area (Å²) in [5.74, 6) is -0.692. The maximum atomic E-state index is 11.9. The fraction of sp³-hybridized carbons (Fsp3) is 0.381. The molecule has 4 rings (SSSR count). The van der Waals surface area contributed by atoms with Crippen LogP contribution in [-0.4, -0.2) is 28.6 Å². The zero-order valence-electron chi connectivity index (χ0n) is 14.9. The second-order valence-corrected chi connectivity index (χ2v) is 9.15. The summed E-state index contributed by atoms with van der Waals surface area (Å²) in [6.45, 7) is 3.01. The van der Waals surface area contributed by atoms with Crippen LogP contribution in [0.2, 0.25) is 0 Å². The number of hydrogen-bond donors (Lipinski definition) is 1. The first-order valence-corrected chi connectivity index (χ1v) is 10.9. The van der Waals surface area contributed by atoms with Gasteiger partial charge in [0.15, 0.2) is 0 Å². The lowest BCUT2D eigenvalue weighted by Gasteiger charge is -2.38. The minimum Gasteiger partial charge on any atom is -0.480 e. The summed E-state index contributed by atoms with van der Waals surface area (Å²) in [7, 11) is 0. The minimum absolute atomic E-state index is 0.0408. The molecule has 0 saturated carbocycles. The second kappa shape index (κ2) is 7.51. The van der Waals surface area contributed by atoms with Crippen molar-refractivity contribution in [1.82, 2.24) is 4.90 Å². The highest BCUT2D eigenvalue weighted by Gasteiger charge is 2.36. The molecule has 2 atom stereocenters. The number of nitrogens with zero attached hydrogens (tertiary/aromatic N) is 1. The Labute approximate surface area is 161 Å². The molecule has 2 aromatic heterocycles. The fourth-order valence-corrected chi connectivity index (χ4v) is 6.24. The summed E-state index contributed by atoms with van der Waals surface area (Å²) in [6, 6.07) is 14.7. The van der Waals surface area contributed by atoms with E-state index in [0.29, 0.717) is 0 Å². The SMILES string of the molecule is CCc1ccc(C(c2cc3ccccc3s2)N2CCCCC2C(=O)O)s1. The lowest BCUT2D eigenvalue weighted by atomic mass is 9.98. The van der Waals surface area contributed by atoms with E-state index in [9.17, 15) is 9.90 Å². The third-order valence-electron chi connectivity index (χ3n) is 5.18. The zero-order valence-corrected chi connectivity index (χ0v) is 16.5. The van der Waals surface area contributed by atoms with Crippen molar-refractivity contribution in [3.63, 3.8) is 0 Å². The van der Waals surface area contributed by atoms with Crippen molar-refractivity contribution >= 4 is 38.7 Å². The third kappa shape index (κ3) is 3.31. The van der Waals surface area contributed by atoms with Crippen molar-refractivity contribution in [2.75, 3.05) is 6.54 Å². The van der Waals surface area contributed by atoms with Crippen molar-refractivity contribution in [2.45, 2.75) is 44.7 Å². The van der Waals surface area contributed by atoms with Crippen molar-refractivity contribution < 1.29 is 9.90 Å². The van der Waals surface area contributed by atoms with Crippen LogP contribution in [0, 0.1) is 0 Å². The van der Waals surface area contributed by atoms with Gasteiger partial charge in [-0.15, -0.1) is 22.7 Å². The van der Waals surface area contributed by atoms with Gasteiger partial charge in [0.05, 0.1) is 6.04 Å². The molecule has 0 radical (unpaired) electrons. The molecular weight excluding hydrogens is 362 g/mol. The molecule has 0 bridgehead atoms. The molecule has 3 aromatic rings. The highest BCUT2D eigenvalue weighted by molar-refractivity contribution is 7.19. The van der Waals surface area contributed by atoms with Crippen LogP contribution < -0.4 is 0 Å². The number of carboxylic acids is 1. The third-order valence-corrected chi connectivity index (χ3v) is 7.63. The van der Waals surface area contributed by atoms with E-state index in [0.717, 1.165) is 32.2 Å². The highest BCUT2D eigenvalue weighted by Crippen LogP contribution is 2.42. The Hall–Kier alpha value is -1.69. The van der Waals surface area contributed by atoms with Crippen LogP contribution in [0.15, 0.2) is 42.5 Å². The summed E-state index contributed by atoms with van der Waals surface area (Å²) in [4.78, 5) is 18.0. The first kappa shape index (κ1) is 17.7. The number of benzene rings is 1. The number of piperidine rings is 1. The quantitative estimate of drug-likeness (QED) is 0.626. The average Bonchev–Trinajstić information content (AvgIpc) is 3.29. The van der Waals surface area contributed by atoms with E-state index < -0.39 is 12.0 Å². The number of rotatable bonds is 5. The van der Waals surface area contributed by atoms with Gasteiger partial charge in [0, 0.05) is 19.3 Å². The summed E-state index contributed by atoms with van der Waals surface area (Å²) in [5, 5.41) is 11.1. The summed E-state index contributed by atoms with van der Waals surface area (Å²) in [6.07, 6.45) is 3.82. The van der Waals surface area contributed by atoms with E-state index in [4.69, 9.17) is 0 Å². The molecule has 26 heavy (non-hydrogen) atoms. The average molecular weight is 386 g/mol. The van der Waals surface area contributed by atoms with Crippen LogP contribution in [0.1, 0.15) is 46.9 Å². The highest BCUT2D eigenvalue weighted by atomic mass is 32.1. The monoisotopic (exact) mass is 385 g/mol. The maximum absolute atomic E-state index is 11.9. The van der Waals surface area contributed by atoms with Crippen LogP contribution in [0.25, 0.3) is 10.1 Å². The first-order valence-electron chi connectivity index (χ1n) is 9.23. The van der Waals surface area contributed by atoms with Gasteiger partial charge in [0.25, 0.3) is 0 Å². The summed E-state index contributed by atoms with van der Waals surface area (Å²) >= 11 is 3.62. The number of carbonyl (C=O) groups is 1. The predicted octanol–water partition coefficient (Wildman–Crippen LogP) is 5.55. The molecule has 1 fully saturated rings. The number of aliphatic carboxylic acids is 1. The Balaban J connectivity index is 1.81. The summed E-state index contributed by atoms with van der Waals surface area (Å²) in [5.41, 5.74) is 0. The molecule has 1 aliphatic heterocycles. The van der Waals surface area contributed by atoms with Gasteiger partial charge in [0.2, 0.25) is 0 Å². The molecule has 0 aliphatic carbocycles. The number of fused-ring (bicyclic) bond motifs is 1. The van der Waals surface area contributed by atoms with Crippen molar-refractivity contribution in [1.29, 1.82) is 0 Å². The molecule has 1 N–H and O–H groups in total. The Morgan fingerprint density at radius 1 is 1.19 bits per heavy atom. The predicted molar refractivity (Wildman–Crippen MR) is 109 cm³/mol. The van der Waals surface area contributed by atoms with Crippen molar-refractivity contribution in [3.8, 4) is 0 Å². The lowest BCUT2D eigenvalue weighted by Crippen LogP contribution is -2.46. The van der Waals surface area contributed by atoms with Gasteiger partial charge in [-0.2, -0.15) is 0 Å². The fourth-order valence-electron chi connectivity index (χ4n) is 3.86. The van der Waals surface area contributed by atoms with Gasteiger partial charge in [-0.05, 0) is 55.5 Å². The first-order chi connectivity index (χ1) is 12.7. The van der Waals surface area contributed by atoms with E-state index in [1.807, 2.05) is 11.3 Å². The van der Waals surface area contributed by atoms with Crippen molar-refractivity contribution in [3.05, 3.63) is 57.1 Å². The van der Waals surface area contributed by atoms with Crippen LogP contribution in [-0.2, 0) is 11.2 Å². The number of carboxylic acid groups (broad SMARTS) is 1. The summed E-state index contributed by atoms with van der Waals surface area (Å²) < 4.78 is 1.27. The molecule has 3 nitrogen and oxygen atoms in total. The van der Waals surface area contributed by atoms with Crippen LogP contribution in [0.4, 0.5) is 0 Å². The van der Waals surface area contributed by atoms with Crippen LogP contribution in [0.5, 0.6) is 0 Å². The molecule has 2 unspecified atom stereocenters. The zero-order chi connectivity index (χ0) is 18.1. The largest absolute Gasteiger partial charge is 0.480 e. The van der Waals surface area contributed by atoms with Gasteiger partial charge in [-0.3, -0.25) is 9.69 Å². The molecule has 1 aromatic carbocycles. The van der Waals surface area contributed by atoms with E-state index in [-0.39, 0.29) is 6.04 Å². The van der Waals surface area contributed by atoms with E-state index in [1.54, 1.807) is 11.3 Å². The Morgan fingerprint density at radius 3 is 2.77 bits per heavy atom. The molecule has 136 valence electrons. The van der Waals surface area contributed by atoms with E-state index in [1.165, 1.54) is 24.7 Å². The number of thiophene rings is 2. The number of hydrogen-bond acceptors (Lipinski definition) is 4. The topological polar surface area (TPSA) is 40.5 Å². The van der Waals surface area contributed by atoms with Gasteiger partial charge in [-0.25, -0.2) is 0 Å². The Morgan fingerprint density at radius 2 is 2.04 bits per heavy atom. The molecular formula is C21H23NO2S2. The second-order valence-electron chi connectivity index (χ2n) is 6.83. The van der Waals surface area contributed by atoms with Gasteiger partial charge in [0.1, 0.15) is 6.04 Å².